The van der Waals surface area contributed by atoms with Gasteiger partial charge < -0.3 is 4.57 Å². The standard InChI is InChI=1S/C27H20N4O5/c32-25-22(26(33)30(27(34)28-25)15-18-8-2-1-3-9-18)14-20-17-29(24-13-7-5-11-21(20)24)16-19-10-4-6-12-23(19)31(35)36/h1-14,17H,15-16H2,(H,28,32,34). The lowest BCUT2D eigenvalue weighted by Crippen LogP contribution is -2.53. The Bertz CT molecular complexity index is 1550. The second kappa shape index (κ2) is 9.30. The van der Waals surface area contributed by atoms with Gasteiger partial charge in [-0.05, 0) is 17.7 Å². The maximum absolute atomic E-state index is 13.2. The Morgan fingerprint density at radius 1 is 0.861 bits per heavy atom. The lowest BCUT2D eigenvalue weighted by Gasteiger charge is -2.26. The summed E-state index contributed by atoms with van der Waals surface area (Å²) in [5, 5.41) is 14.5. The molecule has 0 atom stereocenters. The molecule has 1 aliphatic heterocycles. The molecule has 0 unspecified atom stereocenters. The predicted octanol–water partition coefficient (Wildman–Crippen LogP) is 4.26. The van der Waals surface area contributed by atoms with Crippen molar-refractivity contribution < 1.29 is 19.3 Å². The number of urea groups is 1. The molecule has 1 N–H and O–H groups in total. The van der Waals surface area contributed by atoms with Gasteiger partial charge in [0.15, 0.2) is 0 Å². The number of carbonyl (C=O) groups excluding carboxylic acids is 3. The van der Waals surface area contributed by atoms with Gasteiger partial charge in [0.2, 0.25) is 0 Å². The number of nitrogens with one attached hydrogen (secondary N) is 1. The number of aromatic nitrogens is 1. The number of nitro groups is 1. The molecule has 3 aromatic carbocycles. The predicted molar refractivity (Wildman–Crippen MR) is 133 cm³/mol. The van der Waals surface area contributed by atoms with Crippen LogP contribution >= 0.6 is 0 Å². The quantitative estimate of drug-likeness (QED) is 0.192. The molecule has 4 aromatic rings. The number of para-hydroxylation sites is 2. The van der Waals surface area contributed by atoms with Crippen LogP contribution in [0.2, 0.25) is 0 Å². The van der Waals surface area contributed by atoms with E-state index in [1.54, 1.807) is 48.7 Å². The second-order valence-electron chi connectivity index (χ2n) is 8.31. The molecular formula is C27H20N4O5. The van der Waals surface area contributed by atoms with Gasteiger partial charge in [0.05, 0.1) is 18.0 Å². The number of nitro benzene ring substituents is 1. The summed E-state index contributed by atoms with van der Waals surface area (Å²) in [6, 6.07) is 22.1. The Hall–Kier alpha value is -5.05. The van der Waals surface area contributed by atoms with E-state index < -0.39 is 22.8 Å². The van der Waals surface area contributed by atoms with Gasteiger partial charge in [-0.15, -0.1) is 0 Å². The Morgan fingerprint density at radius 3 is 2.33 bits per heavy atom. The van der Waals surface area contributed by atoms with Crippen LogP contribution in [0.1, 0.15) is 16.7 Å². The molecule has 9 nitrogen and oxygen atoms in total. The number of nitrogens with zero attached hydrogens (tertiary/aromatic N) is 3. The molecule has 0 bridgehead atoms. The van der Waals surface area contributed by atoms with Crippen molar-refractivity contribution in [3.8, 4) is 0 Å². The summed E-state index contributed by atoms with van der Waals surface area (Å²) in [7, 11) is 0. The number of hydrogen-bond donors (Lipinski definition) is 1. The maximum Gasteiger partial charge on any atom is 0.331 e. The summed E-state index contributed by atoms with van der Waals surface area (Å²) in [4.78, 5) is 50.3. The molecule has 36 heavy (non-hydrogen) atoms. The SMILES string of the molecule is O=C1NC(=O)N(Cc2ccccc2)C(=O)C1=Cc1cn(Cc2ccccc2[N+](=O)[O-])c2ccccc12. The molecule has 0 saturated carbocycles. The van der Waals surface area contributed by atoms with Crippen molar-refractivity contribution in [1.29, 1.82) is 0 Å². The molecular weight excluding hydrogens is 460 g/mol. The number of barbiturate groups is 1. The highest BCUT2D eigenvalue weighted by Gasteiger charge is 2.35. The van der Waals surface area contributed by atoms with E-state index in [2.05, 4.69) is 5.32 Å². The smallest absolute Gasteiger partial charge is 0.331 e. The third-order valence-corrected chi connectivity index (χ3v) is 6.02. The summed E-state index contributed by atoms with van der Waals surface area (Å²) in [5.74, 6) is -1.46. The minimum Gasteiger partial charge on any atom is -0.342 e. The van der Waals surface area contributed by atoms with Gasteiger partial charge >= 0.3 is 6.03 Å². The van der Waals surface area contributed by atoms with Crippen molar-refractivity contribution >= 4 is 40.5 Å². The average Bonchev–Trinajstić information content (AvgIpc) is 3.22. The molecule has 178 valence electrons. The van der Waals surface area contributed by atoms with E-state index in [1.165, 1.54) is 12.1 Å². The third kappa shape index (κ3) is 4.25. The molecule has 0 radical (unpaired) electrons. The van der Waals surface area contributed by atoms with E-state index >= 15 is 0 Å². The number of carbonyl (C=O) groups is 3. The van der Waals surface area contributed by atoms with Crippen LogP contribution < -0.4 is 5.32 Å². The first-order valence-corrected chi connectivity index (χ1v) is 11.2. The van der Waals surface area contributed by atoms with Crippen LogP contribution in [0.4, 0.5) is 10.5 Å². The van der Waals surface area contributed by atoms with Gasteiger partial charge in [0, 0.05) is 34.3 Å². The molecule has 1 aliphatic rings. The zero-order valence-electron chi connectivity index (χ0n) is 19.0. The minimum absolute atomic E-state index is 0.00656. The average molecular weight is 480 g/mol. The van der Waals surface area contributed by atoms with Crippen molar-refractivity contribution in [2.45, 2.75) is 13.1 Å². The Labute approximate surface area is 205 Å². The molecule has 0 aliphatic carbocycles. The van der Waals surface area contributed by atoms with Crippen molar-refractivity contribution in [2.24, 2.45) is 0 Å². The summed E-state index contributed by atoms with van der Waals surface area (Å²) in [5.41, 5.74) is 2.47. The van der Waals surface area contributed by atoms with Gasteiger partial charge in [-0.25, -0.2) is 4.79 Å². The largest absolute Gasteiger partial charge is 0.342 e. The Morgan fingerprint density at radius 2 is 1.56 bits per heavy atom. The van der Waals surface area contributed by atoms with Crippen molar-refractivity contribution in [3.63, 3.8) is 0 Å². The lowest BCUT2D eigenvalue weighted by atomic mass is 10.1. The first-order valence-electron chi connectivity index (χ1n) is 11.2. The highest BCUT2D eigenvalue weighted by molar-refractivity contribution is 6.31. The second-order valence-corrected chi connectivity index (χ2v) is 8.31. The zero-order chi connectivity index (χ0) is 25.2. The highest BCUT2D eigenvalue weighted by Crippen LogP contribution is 2.28. The fourth-order valence-electron chi connectivity index (χ4n) is 4.29. The summed E-state index contributed by atoms with van der Waals surface area (Å²) >= 11 is 0. The van der Waals surface area contributed by atoms with Crippen molar-refractivity contribution in [2.75, 3.05) is 0 Å². The summed E-state index contributed by atoms with van der Waals surface area (Å²) in [6.45, 7) is 0.245. The molecule has 0 spiro atoms. The fraction of sp³-hybridized carbons (Fsp3) is 0.0741. The molecule has 2 heterocycles. The highest BCUT2D eigenvalue weighted by atomic mass is 16.6. The number of rotatable bonds is 6. The van der Waals surface area contributed by atoms with Gasteiger partial charge in [0.1, 0.15) is 5.57 Å². The first-order chi connectivity index (χ1) is 17.4. The number of amides is 4. The summed E-state index contributed by atoms with van der Waals surface area (Å²) in [6.07, 6.45) is 3.20. The molecule has 1 fully saturated rings. The van der Waals surface area contributed by atoms with Crippen LogP contribution in [-0.4, -0.2) is 32.2 Å². The van der Waals surface area contributed by atoms with Crippen LogP contribution in [0.5, 0.6) is 0 Å². The van der Waals surface area contributed by atoms with E-state index in [0.717, 1.165) is 21.4 Å². The lowest BCUT2D eigenvalue weighted by molar-refractivity contribution is -0.385. The zero-order valence-corrected chi connectivity index (χ0v) is 19.0. The molecule has 1 saturated heterocycles. The maximum atomic E-state index is 13.2. The van der Waals surface area contributed by atoms with Crippen LogP contribution in [0.3, 0.4) is 0 Å². The van der Waals surface area contributed by atoms with E-state index in [1.807, 2.05) is 34.9 Å². The van der Waals surface area contributed by atoms with E-state index in [4.69, 9.17) is 0 Å². The van der Waals surface area contributed by atoms with E-state index in [0.29, 0.717) is 11.1 Å². The monoisotopic (exact) mass is 480 g/mol. The van der Waals surface area contributed by atoms with Crippen molar-refractivity contribution in [1.82, 2.24) is 14.8 Å². The third-order valence-electron chi connectivity index (χ3n) is 6.02. The van der Waals surface area contributed by atoms with Crippen LogP contribution in [0, 0.1) is 10.1 Å². The van der Waals surface area contributed by atoms with Crippen LogP contribution in [0.15, 0.2) is 90.6 Å². The van der Waals surface area contributed by atoms with Gasteiger partial charge in [-0.2, -0.15) is 0 Å². The number of fused-ring (bicyclic) bond motifs is 1. The Balaban J connectivity index is 1.53. The minimum atomic E-state index is -0.773. The van der Waals surface area contributed by atoms with E-state index in [9.17, 15) is 24.5 Å². The summed E-state index contributed by atoms with van der Waals surface area (Å²) < 4.78 is 1.84. The number of benzene rings is 3. The van der Waals surface area contributed by atoms with E-state index in [-0.39, 0.29) is 24.4 Å². The molecule has 9 heteroatoms. The fourth-order valence-corrected chi connectivity index (χ4v) is 4.29. The first kappa shape index (κ1) is 22.7. The van der Waals surface area contributed by atoms with Gasteiger partial charge in [0.25, 0.3) is 17.5 Å². The molecule has 1 aromatic heterocycles. The topological polar surface area (TPSA) is 115 Å². The molecule has 4 amide bonds. The van der Waals surface area contributed by atoms with Crippen LogP contribution in [-0.2, 0) is 22.7 Å². The molecule has 5 rings (SSSR count). The van der Waals surface area contributed by atoms with Crippen LogP contribution in [0.25, 0.3) is 17.0 Å². The number of imide groups is 2. The van der Waals surface area contributed by atoms with Gasteiger partial charge in [-0.1, -0.05) is 66.7 Å². The van der Waals surface area contributed by atoms with Crippen molar-refractivity contribution in [3.05, 3.63) is 117 Å². The Kier molecular flexibility index (Phi) is 5.87. The number of hydrogen-bond acceptors (Lipinski definition) is 5. The normalized spacial score (nSPS) is 14.9. The van der Waals surface area contributed by atoms with Gasteiger partial charge in [-0.3, -0.25) is 29.9 Å².